The maximum atomic E-state index is 13.2. The molecule has 2 aliphatic rings. The maximum Gasteiger partial charge on any atom is 0.237 e. The zero-order valence-electron chi connectivity index (χ0n) is 16.5. The molecule has 2 aromatic rings. The second kappa shape index (κ2) is 7.40. The summed E-state index contributed by atoms with van der Waals surface area (Å²) >= 11 is 0. The van der Waals surface area contributed by atoms with Crippen molar-refractivity contribution in [3.05, 3.63) is 65.7 Å². The second-order valence-corrected chi connectivity index (χ2v) is 8.09. The van der Waals surface area contributed by atoms with Gasteiger partial charge in [-0.2, -0.15) is 0 Å². The lowest BCUT2D eigenvalue weighted by Gasteiger charge is -2.34. The van der Waals surface area contributed by atoms with Gasteiger partial charge in [-0.1, -0.05) is 48.5 Å². The molecule has 2 atom stereocenters. The van der Waals surface area contributed by atoms with Gasteiger partial charge in [0.05, 0.1) is 18.0 Å². The van der Waals surface area contributed by atoms with Gasteiger partial charge in [-0.15, -0.1) is 0 Å². The molecule has 1 spiro atoms. The van der Waals surface area contributed by atoms with E-state index in [-0.39, 0.29) is 17.9 Å². The molecular weight excluding hydrogens is 350 g/mol. The van der Waals surface area contributed by atoms with Crippen molar-refractivity contribution in [1.82, 2.24) is 9.80 Å². The fraction of sp³-hybridized carbons (Fsp3) is 0.391. The van der Waals surface area contributed by atoms with Crippen molar-refractivity contribution in [3.8, 4) is 0 Å². The topological polar surface area (TPSA) is 52.7 Å². The first kappa shape index (κ1) is 18.7. The van der Waals surface area contributed by atoms with Crippen molar-refractivity contribution in [1.29, 1.82) is 0 Å². The number of anilines is 1. The van der Waals surface area contributed by atoms with Gasteiger partial charge < -0.3 is 15.1 Å². The Bertz CT molecular complexity index is 880. The number of likely N-dealkylation sites (tertiary alicyclic amines) is 1. The zero-order valence-corrected chi connectivity index (χ0v) is 16.5. The molecule has 1 fully saturated rings. The summed E-state index contributed by atoms with van der Waals surface area (Å²) in [5.41, 5.74) is 2.52. The van der Waals surface area contributed by atoms with E-state index in [9.17, 15) is 9.59 Å². The Morgan fingerprint density at radius 3 is 2.61 bits per heavy atom. The minimum absolute atomic E-state index is 0.0342. The summed E-state index contributed by atoms with van der Waals surface area (Å²) in [7, 11) is 3.81. The summed E-state index contributed by atoms with van der Waals surface area (Å²) in [6, 6.07) is 18.1. The van der Waals surface area contributed by atoms with Crippen LogP contribution in [0.3, 0.4) is 0 Å². The summed E-state index contributed by atoms with van der Waals surface area (Å²) < 4.78 is 0. The van der Waals surface area contributed by atoms with Gasteiger partial charge in [0, 0.05) is 12.2 Å². The number of nitrogens with one attached hydrogen (secondary N) is 1. The molecule has 0 aromatic heterocycles. The predicted octanol–water partition coefficient (Wildman–Crippen LogP) is 2.67. The third-order valence-electron chi connectivity index (χ3n) is 6.07. The van der Waals surface area contributed by atoms with Crippen LogP contribution in [0, 0.1) is 0 Å². The molecule has 0 aliphatic carbocycles. The monoisotopic (exact) mass is 377 g/mol. The fourth-order valence-electron chi connectivity index (χ4n) is 4.81. The van der Waals surface area contributed by atoms with Crippen molar-refractivity contribution < 1.29 is 9.59 Å². The van der Waals surface area contributed by atoms with E-state index in [1.165, 1.54) is 5.56 Å². The summed E-state index contributed by atoms with van der Waals surface area (Å²) in [5, 5.41) is 3.07. The number of hydrogen-bond acceptors (Lipinski definition) is 3. The van der Waals surface area contributed by atoms with Crippen molar-refractivity contribution in [2.24, 2.45) is 0 Å². The Morgan fingerprint density at radius 2 is 1.86 bits per heavy atom. The molecule has 0 bridgehead atoms. The number of para-hydroxylation sites is 1. The highest BCUT2D eigenvalue weighted by Gasteiger charge is 2.58. The molecule has 0 saturated carbocycles. The van der Waals surface area contributed by atoms with E-state index in [4.69, 9.17) is 0 Å². The number of aryl methyl sites for hydroxylation is 1. The first-order chi connectivity index (χ1) is 13.5. The quantitative estimate of drug-likeness (QED) is 0.872. The maximum absolute atomic E-state index is 13.2. The van der Waals surface area contributed by atoms with E-state index in [2.05, 4.69) is 17.4 Å². The van der Waals surface area contributed by atoms with Gasteiger partial charge in [0.2, 0.25) is 11.8 Å². The Kier molecular flexibility index (Phi) is 4.94. The van der Waals surface area contributed by atoms with E-state index in [0.29, 0.717) is 19.5 Å². The van der Waals surface area contributed by atoms with Crippen LogP contribution in [0.1, 0.15) is 24.0 Å². The van der Waals surface area contributed by atoms with E-state index >= 15 is 0 Å². The van der Waals surface area contributed by atoms with Crippen molar-refractivity contribution in [3.63, 3.8) is 0 Å². The van der Waals surface area contributed by atoms with Crippen molar-refractivity contribution in [2.45, 2.75) is 30.7 Å². The summed E-state index contributed by atoms with van der Waals surface area (Å²) in [6.07, 6.45) is 2.29. The minimum atomic E-state index is -0.645. The van der Waals surface area contributed by atoms with Gasteiger partial charge >= 0.3 is 0 Å². The molecule has 0 radical (unpaired) electrons. The highest BCUT2D eigenvalue weighted by molar-refractivity contribution is 6.07. The third-order valence-corrected chi connectivity index (χ3v) is 6.07. The molecule has 2 aliphatic heterocycles. The molecule has 28 heavy (non-hydrogen) atoms. The molecule has 1 saturated heterocycles. The molecule has 4 rings (SSSR count). The van der Waals surface area contributed by atoms with E-state index in [1.54, 1.807) is 0 Å². The number of carbonyl (C=O) groups excluding carboxylic acids is 2. The number of hydrogen-bond donors (Lipinski definition) is 1. The molecule has 2 aromatic carbocycles. The summed E-state index contributed by atoms with van der Waals surface area (Å²) in [5.74, 6) is 0.129. The third kappa shape index (κ3) is 3.10. The molecular formula is C23H27N3O2. The lowest BCUT2D eigenvalue weighted by Crippen LogP contribution is -2.50. The van der Waals surface area contributed by atoms with Gasteiger partial charge in [-0.3, -0.25) is 9.59 Å². The number of nitrogens with zero attached hydrogens (tertiary/aromatic N) is 2. The Balaban J connectivity index is 1.69. The van der Waals surface area contributed by atoms with E-state index < -0.39 is 5.41 Å². The van der Waals surface area contributed by atoms with Crippen LogP contribution >= 0.6 is 0 Å². The van der Waals surface area contributed by atoms with Crippen molar-refractivity contribution in [2.75, 3.05) is 32.5 Å². The molecule has 0 unspecified atom stereocenters. The van der Waals surface area contributed by atoms with Gasteiger partial charge in [0.25, 0.3) is 0 Å². The van der Waals surface area contributed by atoms with Gasteiger partial charge in [-0.05, 0) is 50.6 Å². The lowest BCUT2D eigenvalue weighted by atomic mass is 9.73. The van der Waals surface area contributed by atoms with Crippen LogP contribution in [0.15, 0.2) is 54.6 Å². The van der Waals surface area contributed by atoms with Gasteiger partial charge in [0.1, 0.15) is 0 Å². The number of likely N-dealkylation sites (N-methyl/N-ethyl adjacent to an activating group) is 1. The SMILES string of the molecule is CN(C)CC(=O)N1CC[C@]2(C(=O)Nc3ccccc32)[C@@H]1CCc1ccccc1. The predicted molar refractivity (Wildman–Crippen MR) is 110 cm³/mol. The molecule has 2 amide bonds. The summed E-state index contributed by atoms with van der Waals surface area (Å²) in [4.78, 5) is 30.0. The van der Waals surface area contributed by atoms with Crippen LogP contribution in [0.25, 0.3) is 0 Å². The van der Waals surface area contributed by atoms with Crippen LogP contribution in [0.4, 0.5) is 5.69 Å². The Morgan fingerprint density at radius 1 is 1.14 bits per heavy atom. The smallest absolute Gasteiger partial charge is 0.237 e. The standard InChI is InChI=1S/C23H27N3O2/c1-25(2)16-21(27)26-15-14-23(18-10-6-7-11-19(18)24-22(23)28)20(26)13-12-17-8-4-3-5-9-17/h3-11,20H,12-16H2,1-2H3,(H,24,28)/t20-,23+/m0/s1. The highest BCUT2D eigenvalue weighted by atomic mass is 16.2. The molecule has 5 nitrogen and oxygen atoms in total. The average Bonchev–Trinajstić information content (AvgIpc) is 3.20. The van der Waals surface area contributed by atoms with Crippen LogP contribution in [-0.2, 0) is 21.4 Å². The zero-order chi connectivity index (χ0) is 19.7. The normalized spacial score (nSPS) is 23.3. The van der Waals surface area contributed by atoms with Crippen molar-refractivity contribution >= 4 is 17.5 Å². The van der Waals surface area contributed by atoms with Gasteiger partial charge in [-0.25, -0.2) is 0 Å². The minimum Gasteiger partial charge on any atom is -0.337 e. The van der Waals surface area contributed by atoms with Gasteiger partial charge in [0.15, 0.2) is 0 Å². The largest absolute Gasteiger partial charge is 0.337 e. The molecule has 2 heterocycles. The number of rotatable bonds is 5. The number of benzene rings is 2. The Hall–Kier alpha value is -2.66. The first-order valence-electron chi connectivity index (χ1n) is 9.91. The fourth-order valence-corrected chi connectivity index (χ4v) is 4.81. The van der Waals surface area contributed by atoms with Crippen LogP contribution in [-0.4, -0.2) is 54.8 Å². The first-order valence-corrected chi connectivity index (χ1v) is 9.91. The highest BCUT2D eigenvalue weighted by Crippen LogP contribution is 2.49. The second-order valence-electron chi connectivity index (χ2n) is 8.09. The average molecular weight is 377 g/mol. The molecule has 5 heteroatoms. The molecule has 146 valence electrons. The van der Waals surface area contributed by atoms with Crippen LogP contribution in [0.2, 0.25) is 0 Å². The number of amides is 2. The number of fused-ring (bicyclic) bond motifs is 2. The van der Waals surface area contributed by atoms with Crippen LogP contribution in [0.5, 0.6) is 0 Å². The van der Waals surface area contributed by atoms with E-state index in [0.717, 1.165) is 24.1 Å². The lowest BCUT2D eigenvalue weighted by molar-refractivity contribution is -0.134. The number of carbonyl (C=O) groups is 2. The van der Waals surface area contributed by atoms with E-state index in [1.807, 2.05) is 66.4 Å². The molecule has 1 N–H and O–H groups in total. The summed E-state index contributed by atoms with van der Waals surface area (Å²) in [6.45, 7) is 0.981. The Labute approximate surface area is 166 Å². The van der Waals surface area contributed by atoms with Crippen LogP contribution < -0.4 is 5.32 Å².